The van der Waals surface area contributed by atoms with Gasteiger partial charge in [-0.25, -0.2) is 0 Å². The van der Waals surface area contributed by atoms with Gasteiger partial charge in [0.25, 0.3) is 0 Å². The van der Waals surface area contributed by atoms with Gasteiger partial charge in [-0.3, -0.25) is 0 Å². The minimum atomic E-state index is -0.144. The third-order valence-corrected chi connectivity index (χ3v) is 5.21. The van der Waals surface area contributed by atoms with Gasteiger partial charge in [0, 0.05) is 12.1 Å². The predicted octanol–water partition coefficient (Wildman–Crippen LogP) is 5.38. The molecule has 1 aliphatic rings. The van der Waals surface area contributed by atoms with Gasteiger partial charge in [0.15, 0.2) is 0 Å². The summed E-state index contributed by atoms with van der Waals surface area (Å²) in [6, 6.07) is 15.2. The Morgan fingerprint density at radius 3 is 2.31 bits per heavy atom. The summed E-state index contributed by atoms with van der Waals surface area (Å²) < 4.78 is 0. The summed E-state index contributed by atoms with van der Waals surface area (Å²) in [6.07, 6.45) is 3.78. The highest BCUT2D eigenvalue weighted by atomic mass is 16.3. The zero-order valence-corrected chi connectivity index (χ0v) is 14.8. The normalized spacial score (nSPS) is 12.0. The fourth-order valence-electron chi connectivity index (χ4n) is 4.00. The van der Waals surface area contributed by atoms with Crippen LogP contribution in [0.3, 0.4) is 0 Å². The molecule has 3 aromatic rings. The fraction of sp³-hybridized carbons (Fsp3) is 0.217. The summed E-state index contributed by atoms with van der Waals surface area (Å²) >= 11 is 0. The van der Waals surface area contributed by atoms with Gasteiger partial charge < -0.3 is 15.3 Å². The lowest BCUT2D eigenvalue weighted by Crippen LogP contribution is -1.97. The first-order valence-corrected chi connectivity index (χ1v) is 9.08. The SMILES string of the molecule is CCCCc1ccc2c(c1-c1c(O)cc(O)cc1O)Cc1ccccc1-2. The van der Waals surface area contributed by atoms with E-state index in [1.807, 2.05) is 12.1 Å². The van der Waals surface area contributed by atoms with Crippen molar-refractivity contribution in [2.24, 2.45) is 0 Å². The summed E-state index contributed by atoms with van der Waals surface area (Å²) in [4.78, 5) is 0. The molecule has 3 N–H and O–H groups in total. The van der Waals surface area contributed by atoms with Crippen molar-refractivity contribution >= 4 is 0 Å². The Balaban J connectivity index is 1.98. The molecule has 1 aliphatic carbocycles. The minimum absolute atomic E-state index is 0.0930. The molecular weight excluding hydrogens is 324 g/mol. The summed E-state index contributed by atoms with van der Waals surface area (Å²) in [5.74, 6) is -0.330. The Bertz CT molecular complexity index is 966. The molecule has 3 aromatic carbocycles. The molecule has 0 aliphatic heterocycles. The molecule has 0 aromatic heterocycles. The number of hydrogen-bond acceptors (Lipinski definition) is 3. The van der Waals surface area contributed by atoms with Crippen molar-refractivity contribution in [2.45, 2.75) is 32.6 Å². The number of phenolic OH excluding ortho intramolecular Hbond substituents is 3. The van der Waals surface area contributed by atoms with Crippen LogP contribution in [-0.2, 0) is 12.8 Å². The van der Waals surface area contributed by atoms with Crippen LogP contribution in [0.15, 0.2) is 48.5 Å². The van der Waals surface area contributed by atoms with Crippen molar-refractivity contribution in [1.29, 1.82) is 0 Å². The highest BCUT2D eigenvalue weighted by molar-refractivity contribution is 5.90. The van der Waals surface area contributed by atoms with Crippen LogP contribution in [0.4, 0.5) is 0 Å². The highest BCUT2D eigenvalue weighted by Gasteiger charge is 2.26. The first-order chi connectivity index (χ1) is 12.6. The molecular formula is C23H22O3. The Morgan fingerprint density at radius 1 is 0.846 bits per heavy atom. The van der Waals surface area contributed by atoms with Crippen molar-refractivity contribution in [3.8, 4) is 39.5 Å². The number of unbranched alkanes of at least 4 members (excludes halogenated alkanes) is 1. The van der Waals surface area contributed by atoms with E-state index in [-0.39, 0.29) is 17.2 Å². The maximum absolute atomic E-state index is 10.5. The molecule has 4 rings (SSSR count). The first kappa shape index (κ1) is 16.5. The zero-order chi connectivity index (χ0) is 18.3. The molecule has 132 valence electrons. The van der Waals surface area contributed by atoms with Crippen LogP contribution in [-0.4, -0.2) is 15.3 Å². The second-order valence-electron chi connectivity index (χ2n) is 6.92. The van der Waals surface area contributed by atoms with Gasteiger partial charge in [0.1, 0.15) is 17.2 Å². The van der Waals surface area contributed by atoms with E-state index in [0.29, 0.717) is 5.56 Å². The van der Waals surface area contributed by atoms with Gasteiger partial charge >= 0.3 is 0 Å². The van der Waals surface area contributed by atoms with Gasteiger partial charge in [-0.15, -0.1) is 0 Å². The second-order valence-corrected chi connectivity index (χ2v) is 6.92. The standard InChI is InChI=1S/C23H22O3/c1-2-3-6-14-9-10-18-17-8-5-4-7-15(17)11-19(18)22(14)23-20(25)12-16(24)13-21(23)26/h4-5,7-10,12-13,24-26H,2-3,6,11H2,1H3. The average Bonchev–Trinajstić information content (AvgIpc) is 2.98. The fourth-order valence-corrected chi connectivity index (χ4v) is 4.00. The summed E-state index contributed by atoms with van der Waals surface area (Å²) in [6.45, 7) is 2.15. The molecule has 26 heavy (non-hydrogen) atoms. The van der Waals surface area contributed by atoms with Crippen LogP contribution in [0.25, 0.3) is 22.3 Å². The van der Waals surface area contributed by atoms with E-state index >= 15 is 0 Å². The number of fused-ring (bicyclic) bond motifs is 3. The molecule has 3 nitrogen and oxygen atoms in total. The minimum Gasteiger partial charge on any atom is -0.508 e. The summed E-state index contributed by atoms with van der Waals surface area (Å²) in [7, 11) is 0. The Morgan fingerprint density at radius 2 is 1.58 bits per heavy atom. The Hall–Kier alpha value is -2.94. The molecule has 0 atom stereocenters. The lowest BCUT2D eigenvalue weighted by Gasteiger charge is -2.18. The molecule has 0 fully saturated rings. The van der Waals surface area contributed by atoms with Crippen molar-refractivity contribution < 1.29 is 15.3 Å². The van der Waals surface area contributed by atoms with Gasteiger partial charge in [-0.1, -0.05) is 49.7 Å². The second kappa shape index (κ2) is 6.41. The third kappa shape index (κ3) is 2.60. The number of benzene rings is 3. The van der Waals surface area contributed by atoms with Crippen molar-refractivity contribution in [3.05, 3.63) is 65.2 Å². The lowest BCUT2D eigenvalue weighted by molar-refractivity contribution is 0.430. The molecule has 0 radical (unpaired) electrons. The van der Waals surface area contributed by atoms with E-state index in [2.05, 4.69) is 31.2 Å². The average molecular weight is 346 g/mol. The molecule has 3 heteroatoms. The van der Waals surface area contributed by atoms with E-state index < -0.39 is 0 Å². The quantitative estimate of drug-likeness (QED) is 0.465. The zero-order valence-electron chi connectivity index (χ0n) is 14.8. The number of phenols is 3. The lowest BCUT2D eigenvalue weighted by atomic mass is 9.88. The van der Waals surface area contributed by atoms with E-state index in [0.717, 1.165) is 47.9 Å². The number of aromatic hydroxyl groups is 3. The topological polar surface area (TPSA) is 60.7 Å². The van der Waals surface area contributed by atoms with Crippen molar-refractivity contribution in [3.63, 3.8) is 0 Å². The van der Waals surface area contributed by atoms with Gasteiger partial charge in [0.05, 0.1) is 5.56 Å². The monoisotopic (exact) mass is 346 g/mol. The smallest absolute Gasteiger partial charge is 0.130 e. The van der Waals surface area contributed by atoms with E-state index in [4.69, 9.17) is 0 Å². The Kier molecular flexibility index (Phi) is 4.08. The molecule has 0 heterocycles. The first-order valence-electron chi connectivity index (χ1n) is 9.08. The number of rotatable bonds is 4. The molecule has 0 bridgehead atoms. The van der Waals surface area contributed by atoms with Crippen LogP contribution in [0.5, 0.6) is 17.2 Å². The van der Waals surface area contributed by atoms with Gasteiger partial charge in [0.2, 0.25) is 0 Å². The number of hydrogen-bond donors (Lipinski definition) is 3. The highest BCUT2D eigenvalue weighted by Crippen LogP contribution is 2.49. The molecule has 0 amide bonds. The third-order valence-electron chi connectivity index (χ3n) is 5.21. The maximum Gasteiger partial charge on any atom is 0.130 e. The summed E-state index contributed by atoms with van der Waals surface area (Å²) in [5, 5.41) is 30.7. The van der Waals surface area contributed by atoms with Crippen molar-refractivity contribution in [2.75, 3.05) is 0 Å². The van der Waals surface area contributed by atoms with E-state index in [1.54, 1.807) is 0 Å². The largest absolute Gasteiger partial charge is 0.508 e. The Labute approximate surface area is 153 Å². The summed E-state index contributed by atoms with van der Waals surface area (Å²) in [5.41, 5.74) is 7.20. The van der Waals surface area contributed by atoms with E-state index in [9.17, 15) is 15.3 Å². The van der Waals surface area contributed by atoms with Gasteiger partial charge in [-0.2, -0.15) is 0 Å². The maximum atomic E-state index is 10.5. The van der Waals surface area contributed by atoms with Crippen LogP contribution in [0.1, 0.15) is 36.5 Å². The molecule has 0 unspecified atom stereocenters. The molecule has 0 saturated heterocycles. The van der Waals surface area contributed by atoms with Crippen LogP contribution in [0, 0.1) is 0 Å². The van der Waals surface area contributed by atoms with Crippen LogP contribution in [0.2, 0.25) is 0 Å². The molecule has 0 saturated carbocycles. The van der Waals surface area contributed by atoms with E-state index in [1.165, 1.54) is 23.3 Å². The van der Waals surface area contributed by atoms with Gasteiger partial charge in [-0.05, 0) is 52.6 Å². The van der Waals surface area contributed by atoms with Crippen molar-refractivity contribution in [1.82, 2.24) is 0 Å². The van der Waals surface area contributed by atoms with Crippen LogP contribution < -0.4 is 0 Å². The number of aryl methyl sites for hydroxylation is 1. The predicted molar refractivity (Wildman–Crippen MR) is 104 cm³/mol. The molecule has 0 spiro atoms. The van der Waals surface area contributed by atoms with Crippen LogP contribution >= 0.6 is 0 Å².